The quantitative estimate of drug-likeness (QED) is 0.150. The molecule has 8 aromatic carbocycles. The molecule has 10 aromatic rings. The van der Waals surface area contributed by atoms with Gasteiger partial charge in [0.25, 0.3) is 6.71 Å². The van der Waals surface area contributed by atoms with E-state index >= 15 is 0 Å². The Labute approximate surface area is 368 Å². The van der Waals surface area contributed by atoms with Gasteiger partial charge in [-0.25, -0.2) is 4.98 Å². The van der Waals surface area contributed by atoms with Crippen LogP contribution in [0.2, 0.25) is 0 Å². The fourth-order valence-electron chi connectivity index (χ4n) is 10.6. The van der Waals surface area contributed by atoms with Gasteiger partial charge in [-0.05, 0) is 113 Å². The molecule has 0 aliphatic carbocycles. The summed E-state index contributed by atoms with van der Waals surface area (Å²) in [4.78, 5) is 15.6. The first-order chi connectivity index (χ1) is 31.0. The molecule has 0 bridgehead atoms. The van der Waals surface area contributed by atoms with E-state index in [0.29, 0.717) is 0 Å². The Morgan fingerprint density at radius 1 is 0.508 bits per heavy atom. The van der Waals surface area contributed by atoms with Gasteiger partial charge in [-0.1, -0.05) is 139 Å². The highest BCUT2D eigenvalue weighted by Gasteiger charge is 2.43. The molecular weight excluding hydrogens is 765 g/mol. The Kier molecular flexibility index (Phi) is 8.68. The topological polar surface area (TPSA) is 37.2 Å². The number of nitrogens with zero attached hydrogens (tertiary/aromatic N) is 5. The number of fused-ring (bicyclic) bond motifs is 6. The number of anilines is 4. The summed E-state index contributed by atoms with van der Waals surface area (Å²) in [5.41, 5.74) is 21.5. The third-order valence-electron chi connectivity index (χ3n) is 13.2. The lowest BCUT2D eigenvalue weighted by Crippen LogP contribution is -2.62. The van der Waals surface area contributed by atoms with Crippen LogP contribution in [0.1, 0.15) is 27.8 Å². The molecule has 63 heavy (non-hydrogen) atoms. The molecule has 5 nitrogen and oxygen atoms in total. The fraction of sp³-hybridized carbons (Fsp3) is 0.0877. The first kappa shape index (κ1) is 37.1. The zero-order chi connectivity index (χ0) is 42.2. The number of imidazole rings is 1. The van der Waals surface area contributed by atoms with E-state index in [-0.39, 0.29) is 6.71 Å². The van der Waals surface area contributed by atoms with Crippen molar-refractivity contribution in [2.45, 2.75) is 33.9 Å². The van der Waals surface area contributed by atoms with Crippen LogP contribution in [-0.4, -0.2) is 21.2 Å². The second-order valence-electron chi connectivity index (χ2n) is 17.2. The Hall–Kier alpha value is -7.70. The van der Waals surface area contributed by atoms with Crippen LogP contribution in [0.3, 0.4) is 0 Å². The third kappa shape index (κ3) is 6.08. The molecule has 2 aromatic heterocycles. The predicted octanol–water partition coefficient (Wildman–Crippen LogP) is 11.7. The van der Waals surface area contributed by atoms with Gasteiger partial charge in [-0.3, -0.25) is 9.55 Å². The Bertz CT molecular complexity index is 3370. The Morgan fingerprint density at radius 2 is 1.10 bits per heavy atom. The molecule has 2 aliphatic rings. The van der Waals surface area contributed by atoms with Crippen molar-refractivity contribution in [2.24, 2.45) is 0 Å². The average molecular weight is 810 g/mol. The van der Waals surface area contributed by atoms with Crippen LogP contribution >= 0.6 is 0 Å². The van der Waals surface area contributed by atoms with E-state index in [0.717, 1.165) is 52.2 Å². The summed E-state index contributed by atoms with van der Waals surface area (Å²) in [5, 5.41) is 2.34. The lowest BCUT2D eigenvalue weighted by atomic mass is 9.33. The van der Waals surface area contributed by atoms with E-state index < -0.39 is 0 Å². The molecule has 0 atom stereocenters. The highest BCUT2D eigenvalue weighted by molar-refractivity contribution is 7.00. The Balaban J connectivity index is 1.13. The predicted molar refractivity (Wildman–Crippen MR) is 264 cm³/mol. The van der Waals surface area contributed by atoms with Crippen LogP contribution < -0.4 is 26.2 Å². The number of pyridine rings is 1. The van der Waals surface area contributed by atoms with Gasteiger partial charge in [0.1, 0.15) is 5.82 Å². The van der Waals surface area contributed by atoms with Crippen LogP contribution in [-0.2, 0) is 13.1 Å². The minimum Gasteiger partial charge on any atom is -0.338 e. The maximum Gasteiger partial charge on any atom is 0.252 e. The van der Waals surface area contributed by atoms with Gasteiger partial charge < -0.3 is 9.80 Å². The SMILES string of the molecule is Cc1cc(C)c(-n2c(-c3ccc4c(c3)B3c5cc(-c6nccc7ccccc67)ccc5N(Cc5ccccc5)c5cccc(c53)N4Cc3ccccc3)nc3ccccc32)c(C)c1. The highest BCUT2D eigenvalue weighted by Crippen LogP contribution is 2.41. The molecule has 0 saturated heterocycles. The summed E-state index contributed by atoms with van der Waals surface area (Å²) >= 11 is 0. The molecule has 0 radical (unpaired) electrons. The van der Waals surface area contributed by atoms with Crippen molar-refractivity contribution in [3.05, 3.63) is 216 Å². The second-order valence-corrected chi connectivity index (χ2v) is 17.2. The van der Waals surface area contributed by atoms with Crippen molar-refractivity contribution in [1.82, 2.24) is 14.5 Å². The Morgan fingerprint density at radius 3 is 1.78 bits per heavy atom. The molecule has 4 heterocycles. The molecule has 6 heteroatoms. The van der Waals surface area contributed by atoms with E-state index in [2.05, 4.69) is 217 Å². The van der Waals surface area contributed by atoms with Gasteiger partial charge >= 0.3 is 0 Å². The number of benzene rings is 8. The molecule has 0 saturated carbocycles. The van der Waals surface area contributed by atoms with Crippen LogP contribution in [0.25, 0.3) is 50.1 Å². The second kappa shape index (κ2) is 14.7. The standard InChI is InChI=1S/C57H44BN5/c1-37-31-38(2)56(39(3)32-37)63-51-22-13-12-21-48(51)60-57(63)44-26-28-50-47(34-44)58-46-33-43(55-45-20-11-10-19-42(45)29-30-59-55)25-27-49(46)61(35-40-15-6-4-7-16-40)52-23-14-24-53(54(52)58)62(50)36-41-17-8-5-9-18-41/h4-34H,35-36H2,1-3H3. The maximum absolute atomic E-state index is 5.45. The van der Waals surface area contributed by atoms with Crippen molar-refractivity contribution < 1.29 is 0 Å². The van der Waals surface area contributed by atoms with Gasteiger partial charge in [0.15, 0.2) is 0 Å². The van der Waals surface area contributed by atoms with Gasteiger partial charge in [0, 0.05) is 58.5 Å². The molecule has 2 aliphatic heterocycles. The summed E-state index contributed by atoms with van der Waals surface area (Å²) in [7, 11) is 0. The summed E-state index contributed by atoms with van der Waals surface area (Å²) < 4.78 is 2.39. The largest absolute Gasteiger partial charge is 0.338 e. The number of hydrogen-bond donors (Lipinski definition) is 0. The van der Waals surface area contributed by atoms with Crippen LogP contribution in [0.5, 0.6) is 0 Å². The zero-order valence-electron chi connectivity index (χ0n) is 35.6. The molecule has 300 valence electrons. The first-order valence-electron chi connectivity index (χ1n) is 21.9. The number of aryl methyl sites for hydroxylation is 3. The van der Waals surface area contributed by atoms with E-state index in [1.165, 1.54) is 78.0 Å². The fourth-order valence-corrected chi connectivity index (χ4v) is 10.6. The average Bonchev–Trinajstić information content (AvgIpc) is 3.69. The summed E-state index contributed by atoms with van der Waals surface area (Å²) in [6, 6.07) is 66.6. The minimum absolute atomic E-state index is 0.0594. The van der Waals surface area contributed by atoms with Gasteiger partial charge in [-0.2, -0.15) is 0 Å². The zero-order valence-corrected chi connectivity index (χ0v) is 35.6. The van der Waals surface area contributed by atoms with Crippen LogP contribution in [0.15, 0.2) is 188 Å². The maximum atomic E-state index is 5.45. The minimum atomic E-state index is -0.0594. The van der Waals surface area contributed by atoms with Crippen LogP contribution in [0, 0.1) is 20.8 Å². The molecule has 0 fully saturated rings. The van der Waals surface area contributed by atoms with Crippen LogP contribution in [0.4, 0.5) is 22.7 Å². The van der Waals surface area contributed by atoms with Gasteiger partial charge in [0.2, 0.25) is 0 Å². The van der Waals surface area contributed by atoms with Crippen molar-refractivity contribution in [1.29, 1.82) is 0 Å². The monoisotopic (exact) mass is 809 g/mol. The molecule has 0 spiro atoms. The summed E-state index contributed by atoms with van der Waals surface area (Å²) in [5.74, 6) is 0.943. The molecular formula is C57H44BN5. The lowest BCUT2D eigenvalue weighted by molar-refractivity contribution is 0.961. The first-order valence-corrected chi connectivity index (χ1v) is 21.9. The van der Waals surface area contributed by atoms with Crippen molar-refractivity contribution in [3.63, 3.8) is 0 Å². The number of rotatable bonds is 7. The van der Waals surface area contributed by atoms with Crippen molar-refractivity contribution in [3.8, 4) is 28.3 Å². The summed E-state index contributed by atoms with van der Waals surface area (Å²) in [6.45, 7) is 8.05. The third-order valence-corrected chi connectivity index (χ3v) is 13.2. The number of aromatic nitrogens is 3. The number of hydrogen-bond acceptors (Lipinski definition) is 4. The molecule has 0 N–H and O–H groups in total. The summed E-state index contributed by atoms with van der Waals surface area (Å²) in [6.07, 6.45) is 1.94. The van der Waals surface area contributed by atoms with E-state index in [1.54, 1.807) is 0 Å². The van der Waals surface area contributed by atoms with E-state index in [1.807, 2.05) is 6.20 Å². The number of para-hydroxylation sites is 2. The highest BCUT2D eigenvalue weighted by atomic mass is 15.2. The van der Waals surface area contributed by atoms with E-state index in [9.17, 15) is 0 Å². The van der Waals surface area contributed by atoms with Gasteiger partial charge in [-0.15, -0.1) is 0 Å². The van der Waals surface area contributed by atoms with Crippen molar-refractivity contribution >= 4 is 67.7 Å². The molecule has 12 rings (SSSR count). The smallest absolute Gasteiger partial charge is 0.252 e. The molecule has 0 amide bonds. The van der Waals surface area contributed by atoms with Crippen molar-refractivity contribution in [2.75, 3.05) is 9.80 Å². The van der Waals surface area contributed by atoms with Gasteiger partial charge in [0.05, 0.1) is 22.4 Å². The lowest BCUT2D eigenvalue weighted by Gasteiger charge is -2.44. The normalized spacial score (nSPS) is 12.7. The van der Waals surface area contributed by atoms with E-state index in [4.69, 9.17) is 9.97 Å². The molecule has 0 unspecified atom stereocenters.